The number of aryl methyl sites for hydroxylation is 2. The molecule has 0 unspecified atom stereocenters. The molecular formula is C28H23ClN4O3S. The van der Waals surface area contributed by atoms with Crippen molar-refractivity contribution >= 4 is 51.4 Å². The maximum absolute atomic E-state index is 12.8. The average Bonchev–Trinajstić information content (AvgIpc) is 3.31. The number of rotatable bonds is 7. The number of carbonyl (C=O) groups excluding carboxylic acids is 1. The molecule has 37 heavy (non-hydrogen) atoms. The fourth-order valence-corrected chi connectivity index (χ4v) is 4.71. The lowest BCUT2D eigenvalue weighted by Crippen LogP contribution is -2.35. The first-order chi connectivity index (χ1) is 17.9. The van der Waals surface area contributed by atoms with Crippen LogP contribution in [0.3, 0.4) is 0 Å². The molecule has 3 aromatic carbocycles. The van der Waals surface area contributed by atoms with Crippen LogP contribution in [0.25, 0.3) is 6.08 Å². The van der Waals surface area contributed by atoms with Gasteiger partial charge in [-0.15, -0.1) is 0 Å². The lowest BCUT2D eigenvalue weighted by atomic mass is 10.1. The van der Waals surface area contributed by atoms with Crippen LogP contribution in [-0.4, -0.2) is 40.2 Å². The largest absolute Gasteiger partial charge is 0.490 e. The van der Waals surface area contributed by atoms with E-state index in [0.29, 0.717) is 39.8 Å². The van der Waals surface area contributed by atoms with Gasteiger partial charge in [0, 0.05) is 10.6 Å². The highest BCUT2D eigenvalue weighted by molar-refractivity contribution is 8.27. The van der Waals surface area contributed by atoms with Gasteiger partial charge in [-0.1, -0.05) is 53.6 Å². The highest BCUT2D eigenvalue weighted by Crippen LogP contribution is 2.31. The van der Waals surface area contributed by atoms with Crippen LogP contribution in [0.15, 0.2) is 82.4 Å². The van der Waals surface area contributed by atoms with E-state index in [1.165, 1.54) is 16.8 Å². The number of nitrogens with one attached hydrogen (secondary N) is 1. The number of nitrogens with zero attached hydrogens (tertiary/aromatic N) is 3. The van der Waals surface area contributed by atoms with E-state index in [9.17, 15) is 4.79 Å². The Labute approximate surface area is 224 Å². The Kier molecular flexibility index (Phi) is 7.12. The smallest absolute Gasteiger partial charge is 0.283 e. The van der Waals surface area contributed by atoms with E-state index in [1.807, 2.05) is 68.4 Å². The topological polar surface area (TPSA) is 87.3 Å². The number of benzene rings is 3. The molecule has 0 bridgehead atoms. The lowest BCUT2D eigenvalue weighted by molar-refractivity contribution is -0.114. The zero-order valence-electron chi connectivity index (χ0n) is 20.2. The van der Waals surface area contributed by atoms with Crippen molar-refractivity contribution in [2.75, 3.05) is 13.2 Å². The number of amidine groups is 2. The van der Waals surface area contributed by atoms with Gasteiger partial charge in [-0.05, 0) is 73.1 Å². The molecule has 0 fully saturated rings. The molecule has 186 valence electrons. The maximum Gasteiger partial charge on any atom is 0.283 e. The number of amides is 1. The van der Waals surface area contributed by atoms with Crippen molar-refractivity contribution in [3.05, 3.63) is 99.6 Å². The summed E-state index contributed by atoms with van der Waals surface area (Å²) in [7, 11) is 0. The third-order valence-electron chi connectivity index (χ3n) is 5.67. The molecule has 2 aliphatic rings. The minimum atomic E-state index is -0.470. The maximum atomic E-state index is 12.8. The van der Waals surface area contributed by atoms with Gasteiger partial charge in [0.05, 0.1) is 5.57 Å². The van der Waals surface area contributed by atoms with E-state index in [-0.39, 0.29) is 11.4 Å². The summed E-state index contributed by atoms with van der Waals surface area (Å²) in [6.45, 7) is 4.64. The van der Waals surface area contributed by atoms with Crippen LogP contribution in [-0.2, 0) is 4.79 Å². The van der Waals surface area contributed by atoms with Crippen molar-refractivity contribution in [3.8, 4) is 11.5 Å². The van der Waals surface area contributed by atoms with Crippen LogP contribution in [0.2, 0.25) is 5.02 Å². The Bertz CT molecular complexity index is 1480. The number of thioether (sulfide) groups is 1. The highest BCUT2D eigenvalue weighted by Gasteiger charge is 2.36. The summed E-state index contributed by atoms with van der Waals surface area (Å²) >= 11 is 7.33. The third-order valence-corrected chi connectivity index (χ3v) is 7.05. The van der Waals surface area contributed by atoms with Crippen LogP contribution in [0, 0.1) is 19.3 Å². The normalized spacial score (nSPS) is 16.0. The third kappa shape index (κ3) is 5.60. The molecule has 0 radical (unpaired) electrons. The van der Waals surface area contributed by atoms with Crippen LogP contribution in [0.5, 0.6) is 11.5 Å². The lowest BCUT2D eigenvalue weighted by Gasteiger charge is -2.20. The first kappa shape index (κ1) is 24.8. The van der Waals surface area contributed by atoms with E-state index in [0.717, 1.165) is 22.4 Å². The van der Waals surface area contributed by atoms with Crippen LogP contribution >= 0.6 is 23.4 Å². The number of aliphatic imine (C=N–C) groups is 1. The van der Waals surface area contributed by atoms with Gasteiger partial charge < -0.3 is 9.47 Å². The van der Waals surface area contributed by atoms with Gasteiger partial charge in [0.2, 0.25) is 5.17 Å². The number of halogens is 1. The Morgan fingerprint density at radius 1 is 1.00 bits per heavy atom. The number of hydrazone groups is 1. The van der Waals surface area contributed by atoms with E-state index in [4.69, 9.17) is 26.5 Å². The number of fused-ring (bicyclic) bond motifs is 1. The molecule has 0 saturated carbocycles. The van der Waals surface area contributed by atoms with Gasteiger partial charge in [-0.2, -0.15) is 15.1 Å². The molecule has 3 aromatic rings. The predicted octanol–water partition coefficient (Wildman–Crippen LogP) is 6.08. The molecule has 7 nitrogen and oxygen atoms in total. The minimum Gasteiger partial charge on any atom is -0.490 e. The van der Waals surface area contributed by atoms with E-state index in [1.54, 1.807) is 18.2 Å². The second kappa shape index (κ2) is 10.6. The molecule has 0 aliphatic carbocycles. The SMILES string of the molecule is Cc1ccc(C2=NN3C(=N)C(=Cc4cccc(OCCOc5ccc(Cl)c(C)c5)c4)C(=O)N=C3S2)cc1. The summed E-state index contributed by atoms with van der Waals surface area (Å²) < 4.78 is 11.6. The summed E-state index contributed by atoms with van der Waals surface area (Å²) in [4.78, 5) is 16.9. The van der Waals surface area contributed by atoms with E-state index < -0.39 is 5.91 Å². The van der Waals surface area contributed by atoms with E-state index >= 15 is 0 Å². The van der Waals surface area contributed by atoms with Gasteiger partial charge in [0.25, 0.3) is 5.91 Å². The number of hydrogen-bond donors (Lipinski definition) is 1. The summed E-state index contributed by atoms with van der Waals surface area (Å²) in [5.74, 6) is 0.872. The van der Waals surface area contributed by atoms with Crippen LogP contribution < -0.4 is 9.47 Å². The minimum absolute atomic E-state index is 0.0115. The number of hydrogen-bond acceptors (Lipinski definition) is 6. The van der Waals surface area contributed by atoms with Crippen molar-refractivity contribution in [2.24, 2.45) is 10.1 Å². The summed E-state index contributed by atoms with van der Waals surface area (Å²) in [5.41, 5.74) is 3.89. The van der Waals surface area contributed by atoms with Gasteiger partial charge in [0.15, 0.2) is 5.84 Å². The van der Waals surface area contributed by atoms with Crippen molar-refractivity contribution in [3.63, 3.8) is 0 Å². The molecule has 0 aromatic heterocycles. The second-order valence-electron chi connectivity index (χ2n) is 8.47. The van der Waals surface area contributed by atoms with E-state index in [2.05, 4.69) is 10.1 Å². The Morgan fingerprint density at radius 3 is 2.46 bits per heavy atom. The standard InChI is InChI=1S/C28H23ClN4O3S/c1-17-6-8-20(9-7-17)27-32-33-25(30)23(26(34)31-28(33)37-27)16-19-4-3-5-21(15-19)35-12-13-36-22-10-11-24(29)18(2)14-22/h3-11,14-16,30H,12-13H2,1-2H3. The summed E-state index contributed by atoms with van der Waals surface area (Å²) in [5, 5.41) is 16.3. The highest BCUT2D eigenvalue weighted by atomic mass is 35.5. The molecule has 2 aliphatic heterocycles. The average molecular weight is 531 g/mol. The molecular weight excluding hydrogens is 508 g/mol. The number of ether oxygens (including phenoxy) is 2. The first-order valence-corrected chi connectivity index (χ1v) is 12.8. The first-order valence-electron chi connectivity index (χ1n) is 11.6. The zero-order valence-corrected chi connectivity index (χ0v) is 21.8. The van der Waals surface area contributed by atoms with Gasteiger partial charge in [-0.25, -0.2) is 0 Å². The summed E-state index contributed by atoms with van der Waals surface area (Å²) in [6.07, 6.45) is 1.63. The predicted molar refractivity (Wildman–Crippen MR) is 149 cm³/mol. The van der Waals surface area contributed by atoms with Crippen LogP contribution in [0.4, 0.5) is 0 Å². The fraction of sp³-hybridized carbons (Fsp3) is 0.143. The van der Waals surface area contributed by atoms with Gasteiger partial charge in [-0.3, -0.25) is 10.2 Å². The monoisotopic (exact) mass is 530 g/mol. The Morgan fingerprint density at radius 2 is 1.73 bits per heavy atom. The molecule has 1 N–H and O–H groups in total. The van der Waals surface area contributed by atoms with Crippen molar-refractivity contribution in [1.29, 1.82) is 5.41 Å². The van der Waals surface area contributed by atoms with Crippen LogP contribution in [0.1, 0.15) is 22.3 Å². The fourth-order valence-electron chi connectivity index (χ4n) is 3.69. The molecule has 1 amide bonds. The Balaban J connectivity index is 1.25. The molecule has 0 saturated heterocycles. The second-order valence-corrected chi connectivity index (χ2v) is 9.83. The quantitative estimate of drug-likeness (QED) is 0.295. The molecule has 0 atom stereocenters. The number of carbonyl (C=O) groups is 1. The van der Waals surface area contributed by atoms with Gasteiger partial charge in [0.1, 0.15) is 29.8 Å². The molecule has 2 heterocycles. The molecule has 9 heteroatoms. The summed E-state index contributed by atoms with van der Waals surface area (Å²) in [6, 6.07) is 20.7. The zero-order chi connectivity index (χ0) is 25.9. The van der Waals surface area contributed by atoms with Gasteiger partial charge >= 0.3 is 0 Å². The molecule has 0 spiro atoms. The van der Waals surface area contributed by atoms with Crippen molar-refractivity contribution < 1.29 is 14.3 Å². The van der Waals surface area contributed by atoms with Crippen molar-refractivity contribution in [1.82, 2.24) is 5.01 Å². The Hall–Kier alpha value is -3.88. The van der Waals surface area contributed by atoms with Crippen molar-refractivity contribution in [2.45, 2.75) is 13.8 Å². The molecule has 5 rings (SSSR count).